The molecule has 11 heteroatoms. The van der Waals surface area contributed by atoms with Crippen LogP contribution in [0.2, 0.25) is 5.02 Å². The molecule has 1 aromatic carbocycles. The number of carbonyl (C=O) groups excluding carboxylic acids is 2. The van der Waals surface area contributed by atoms with Crippen molar-refractivity contribution in [2.75, 3.05) is 26.2 Å². The van der Waals surface area contributed by atoms with Crippen LogP contribution in [0.3, 0.4) is 0 Å². The summed E-state index contributed by atoms with van der Waals surface area (Å²) in [6, 6.07) is 5.14. The van der Waals surface area contributed by atoms with Gasteiger partial charge in [-0.1, -0.05) is 11.6 Å². The fraction of sp³-hybridized carbons (Fsp3) is 0.316. The molecule has 0 bridgehead atoms. The van der Waals surface area contributed by atoms with Gasteiger partial charge in [-0.05, 0) is 30.3 Å². The SMILES string of the molecule is O=C(Cn1cccc(C(F)(F)F)c1=O)N1CCN(C(=O)c2ccc(F)cc2Cl)CC1. The summed E-state index contributed by atoms with van der Waals surface area (Å²) in [5.74, 6) is -1.53. The maximum Gasteiger partial charge on any atom is 0.421 e. The summed E-state index contributed by atoms with van der Waals surface area (Å²) in [5.41, 5.74) is -2.50. The van der Waals surface area contributed by atoms with Crippen LogP contribution in [0.4, 0.5) is 17.6 Å². The molecule has 1 fully saturated rings. The Labute approximate surface area is 173 Å². The van der Waals surface area contributed by atoms with Gasteiger partial charge in [-0.2, -0.15) is 13.2 Å². The number of rotatable bonds is 3. The second-order valence-electron chi connectivity index (χ2n) is 6.65. The number of piperazine rings is 1. The summed E-state index contributed by atoms with van der Waals surface area (Å²) in [5, 5.41) is -0.0255. The first-order chi connectivity index (χ1) is 14.1. The van der Waals surface area contributed by atoms with Crippen LogP contribution in [0.25, 0.3) is 0 Å². The van der Waals surface area contributed by atoms with Gasteiger partial charge in [0.2, 0.25) is 5.91 Å². The van der Waals surface area contributed by atoms with Crippen molar-refractivity contribution >= 4 is 23.4 Å². The Bertz CT molecular complexity index is 1030. The minimum absolute atomic E-state index is 0.0255. The molecule has 0 aliphatic carbocycles. The van der Waals surface area contributed by atoms with E-state index < -0.39 is 41.5 Å². The van der Waals surface area contributed by atoms with Crippen LogP contribution in [0.15, 0.2) is 41.3 Å². The summed E-state index contributed by atoms with van der Waals surface area (Å²) >= 11 is 5.91. The van der Waals surface area contributed by atoms with Gasteiger partial charge in [-0.3, -0.25) is 14.4 Å². The lowest BCUT2D eigenvalue weighted by atomic mass is 10.1. The van der Waals surface area contributed by atoms with Crippen LogP contribution in [0, 0.1) is 5.82 Å². The lowest BCUT2D eigenvalue weighted by Gasteiger charge is -2.35. The van der Waals surface area contributed by atoms with Crippen molar-refractivity contribution in [2.24, 2.45) is 0 Å². The fourth-order valence-electron chi connectivity index (χ4n) is 3.12. The fourth-order valence-corrected chi connectivity index (χ4v) is 3.36. The van der Waals surface area contributed by atoms with E-state index in [0.29, 0.717) is 10.6 Å². The molecule has 0 atom stereocenters. The lowest BCUT2D eigenvalue weighted by Crippen LogP contribution is -2.51. The van der Waals surface area contributed by atoms with Crippen LogP contribution in [0.1, 0.15) is 15.9 Å². The molecule has 3 rings (SSSR count). The zero-order chi connectivity index (χ0) is 22.1. The molecular weight excluding hydrogens is 430 g/mol. The standard InChI is InChI=1S/C19H16ClF4N3O3/c20-15-10-12(21)3-4-13(15)17(29)26-8-6-25(7-9-26)16(28)11-27-5-1-2-14(18(27)30)19(22,23)24/h1-5,10H,6-9,11H2. The van der Waals surface area contributed by atoms with Crippen molar-refractivity contribution in [1.82, 2.24) is 14.4 Å². The van der Waals surface area contributed by atoms with Crippen molar-refractivity contribution < 1.29 is 27.2 Å². The molecule has 6 nitrogen and oxygen atoms in total. The van der Waals surface area contributed by atoms with Crippen LogP contribution in [0.5, 0.6) is 0 Å². The van der Waals surface area contributed by atoms with E-state index in [-0.39, 0.29) is 36.8 Å². The first-order valence-corrected chi connectivity index (χ1v) is 9.24. The van der Waals surface area contributed by atoms with E-state index in [1.54, 1.807) is 0 Å². The van der Waals surface area contributed by atoms with E-state index in [4.69, 9.17) is 11.6 Å². The van der Waals surface area contributed by atoms with Gasteiger partial charge in [0, 0.05) is 32.4 Å². The molecule has 30 heavy (non-hydrogen) atoms. The first kappa shape index (κ1) is 21.8. The number of hydrogen-bond donors (Lipinski definition) is 0. The Morgan fingerprint density at radius 1 is 1.03 bits per heavy atom. The molecule has 0 N–H and O–H groups in total. The molecular formula is C19H16ClF4N3O3. The largest absolute Gasteiger partial charge is 0.421 e. The summed E-state index contributed by atoms with van der Waals surface area (Å²) < 4.78 is 52.4. The molecule has 0 unspecified atom stereocenters. The number of amides is 2. The average molecular weight is 446 g/mol. The normalized spacial score (nSPS) is 14.7. The van der Waals surface area contributed by atoms with Crippen LogP contribution in [-0.2, 0) is 17.5 Å². The molecule has 2 amide bonds. The number of carbonyl (C=O) groups is 2. The van der Waals surface area contributed by atoms with E-state index in [0.717, 1.165) is 24.4 Å². The minimum Gasteiger partial charge on any atom is -0.338 e. The molecule has 1 aliphatic rings. The Morgan fingerprint density at radius 3 is 2.27 bits per heavy atom. The highest BCUT2D eigenvalue weighted by atomic mass is 35.5. The molecule has 1 saturated heterocycles. The van der Waals surface area contributed by atoms with Gasteiger partial charge in [0.1, 0.15) is 17.9 Å². The van der Waals surface area contributed by atoms with Gasteiger partial charge < -0.3 is 14.4 Å². The van der Waals surface area contributed by atoms with E-state index in [1.165, 1.54) is 15.9 Å². The molecule has 1 aromatic heterocycles. The van der Waals surface area contributed by atoms with Crippen molar-refractivity contribution in [2.45, 2.75) is 12.7 Å². The molecule has 0 spiro atoms. The van der Waals surface area contributed by atoms with E-state index in [9.17, 15) is 31.9 Å². The predicted molar refractivity (Wildman–Crippen MR) is 99.6 cm³/mol. The lowest BCUT2D eigenvalue weighted by molar-refractivity contribution is -0.139. The topological polar surface area (TPSA) is 62.6 Å². The average Bonchev–Trinajstić information content (AvgIpc) is 2.68. The quantitative estimate of drug-likeness (QED) is 0.682. The summed E-state index contributed by atoms with van der Waals surface area (Å²) in [7, 11) is 0. The smallest absolute Gasteiger partial charge is 0.338 e. The number of nitrogens with zero attached hydrogens (tertiary/aromatic N) is 3. The highest BCUT2D eigenvalue weighted by molar-refractivity contribution is 6.33. The van der Waals surface area contributed by atoms with Gasteiger partial charge in [0.05, 0.1) is 10.6 Å². The monoisotopic (exact) mass is 445 g/mol. The molecule has 160 valence electrons. The summed E-state index contributed by atoms with van der Waals surface area (Å²) in [4.78, 5) is 39.8. The zero-order valence-electron chi connectivity index (χ0n) is 15.5. The molecule has 0 radical (unpaired) electrons. The Kier molecular flexibility index (Phi) is 6.16. The number of halogens is 5. The third kappa shape index (κ3) is 4.64. The minimum atomic E-state index is -4.81. The van der Waals surface area contributed by atoms with E-state index in [2.05, 4.69) is 0 Å². The maximum absolute atomic E-state index is 13.2. The second-order valence-corrected chi connectivity index (χ2v) is 7.06. The van der Waals surface area contributed by atoms with Gasteiger partial charge in [0.15, 0.2) is 0 Å². The Morgan fingerprint density at radius 2 is 1.67 bits per heavy atom. The zero-order valence-corrected chi connectivity index (χ0v) is 16.2. The van der Waals surface area contributed by atoms with Gasteiger partial charge in [0.25, 0.3) is 11.5 Å². The third-order valence-corrected chi connectivity index (χ3v) is 5.03. The first-order valence-electron chi connectivity index (χ1n) is 8.86. The Hall–Kier alpha value is -2.88. The van der Waals surface area contributed by atoms with Crippen molar-refractivity contribution in [3.05, 3.63) is 68.8 Å². The summed E-state index contributed by atoms with van der Waals surface area (Å²) in [6.45, 7) is 0.0558. The third-order valence-electron chi connectivity index (χ3n) is 4.71. The molecule has 2 heterocycles. The second kappa shape index (κ2) is 8.47. The number of aromatic nitrogens is 1. The van der Waals surface area contributed by atoms with Crippen molar-refractivity contribution in [1.29, 1.82) is 0 Å². The number of alkyl halides is 3. The number of pyridine rings is 1. The summed E-state index contributed by atoms with van der Waals surface area (Å²) in [6.07, 6.45) is -3.69. The van der Waals surface area contributed by atoms with Crippen molar-refractivity contribution in [3.63, 3.8) is 0 Å². The molecule has 1 aliphatic heterocycles. The van der Waals surface area contributed by atoms with Gasteiger partial charge in [-0.15, -0.1) is 0 Å². The van der Waals surface area contributed by atoms with Crippen LogP contribution < -0.4 is 5.56 Å². The number of benzene rings is 1. The maximum atomic E-state index is 13.2. The van der Waals surface area contributed by atoms with Crippen molar-refractivity contribution in [3.8, 4) is 0 Å². The van der Waals surface area contributed by atoms with Crippen LogP contribution in [-0.4, -0.2) is 52.4 Å². The predicted octanol–water partition coefficient (Wildman–Crippen LogP) is 2.64. The van der Waals surface area contributed by atoms with Gasteiger partial charge in [-0.25, -0.2) is 4.39 Å². The molecule has 0 saturated carbocycles. The number of hydrogen-bond acceptors (Lipinski definition) is 3. The molecule has 2 aromatic rings. The van der Waals surface area contributed by atoms with E-state index >= 15 is 0 Å². The highest BCUT2D eigenvalue weighted by Gasteiger charge is 2.34. The highest BCUT2D eigenvalue weighted by Crippen LogP contribution is 2.26. The van der Waals surface area contributed by atoms with Crippen LogP contribution >= 0.6 is 11.6 Å². The Balaban J connectivity index is 1.64. The van der Waals surface area contributed by atoms with Gasteiger partial charge >= 0.3 is 6.18 Å². The van der Waals surface area contributed by atoms with E-state index in [1.807, 2.05) is 0 Å².